The van der Waals surface area contributed by atoms with Gasteiger partial charge in [-0.25, -0.2) is 4.79 Å². The number of ether oxygens (including phenoxy) is 1. The van der Waals surface area contributed by atoms with Gasteiger partial charge in [0.2, 0.25) is 0 Å². The number of urea groups is 1. The number of benzene rings is 1. The summed E-state index contributed by atoms with van der Waals surface area (Å²) >= 11 is 0. The Labute approximate surface area is 171 Å². The van der Waals surface area contributed by atoms with Crippen molar-refractivity contribution in [2.75, 3.05) is 26.7 Å². The van der Waals surface area contributed by atoms with E-state index in [1.807, 2.05) is 0 Å². The second-order valence-corrected chi connectivity index (χ2v) is 10.2. The second-order valence-electron chi connectivity index (χ2n) is 10.2. The van der Waals surface area contributed by atoms with Crippen LogP contribution >= 0.6 is 0 Å². The van der Waals surface area contributed by atoms with E-state index >= 15 is 0 Å². The Morgan fingerprint density at radius 2 is 2.07 bits per heavy atom. The molecule has 6 rings (SSSR count). The lowest BCUT2D eigenvalue weighted by molar-refractivity contribution is -0.130. The molecular weight excluding hydrogens is 366 g/mol. The highest BCUT2D eigenvalue weighted by Crippen LogP contribution is 2.65. The fourth-order valence-electron chi connectivity index (χ4n) is 7.05. The van der Waals surface area contributed by atoms with Gasteiger partial charge in [-0.1, -0.05) is 6.07 Å². The lowest BCUT2D eigenvalue weighted by Crippen LogP contribution is -2.65. The van der Waals surface area contributed by atoms with Crippen LogP contribution in [0.4, 0.5) is 4.79 Å². The highest BCUT2D eigenvalue weighted by molar-refractivity contribution is 6.07. The van der Waals surface area contributed by atoms with E-state index in [0.717, 1.165) is 50.4 Å². The van der Waals surface area contributed by atoms with Crippen LogP contribution in [0.5, 0.6) is 5.75 Å². The zero-order valence-corrected chi connectivity index (χ0v) is 17.1. The van der Waals surface area contributed by atoms with Gasteiger partial charge in [0.15, 0.2) is 0 Å². The molecule has 3 amide bonds. The first-order chi connectivity index (χ1) is 14.0. The molecule has 0 bridgehead atoms. The summed E-state index contributed by atoms with van der Waals surface area (Å²) < 4.78 is 5.57. The summed E-state index contributed by atoms with van der Waals surface area (Å²) in [5.74, 6) is 1.63. The van der Waals surface area contributed by atoms with Gasteiger partial charge in [-0.15, -0.1) is 0 Å². The van der Waals surface area contributed by atoms with Crippen LogP contribution in [0.1, 0.15) is 49.7 Å². The zero-order valence-electron chi connectivity index (χ0n) is 17.1. The molecule has 2 heterocycles. The smallest absolute Gasteiger partial charge is 0.322 e. The van der Waals surface area contributed by atoms with Crippen molar-refractivity contribution in [3.05, 3.63) is 29.3 Å². The molecule has 2 N–H and O–H groups in total. The summed E-state index contributed by atoms with van der Waals surface area (Å²) in [6.45, 7) is 3.40. The third-order valence-corrected chi connectivity index (χ3v) is 8.62. The molecular formula is C23H29N3O3. The van der Waals surface area contributed by atoms with Gasteiger partial charge in [0.05, 0.1) is 7.11 Å². The van der Waals surface area contributed by atoms with E-state index in [1.54, 1.807) is 7.11 Å². The van der Waals surface area contributed by atoms with Crippen molar-refractivity contribution in [3.63, 3.8) is 0 Å². The first-order valence-electron chi connectivity index (χ1n) is 11.0. The Morgan fingerprint density at radius 3 is 2.79 bits per heavy atom. The van der Waals surface area contributed by atoms with E-state index in [9.17, 15) is 9.59 Å². The maximum atomic E-state index is 12.8. The summed E-state index contributed by atoms with van der Waals surface area (Å²) in [4.78, 5) is 27.6. The minimum absolute atomic E-state index is 0.0792. The van der Waals surface area contributed by atoms with Gasteiger partial charge in [0.25, 0.3) is 5.91 Å². The van der Waals surface area contributed by atoms with Crippen molar-refractivity contribution >= 4 is 11.9 Å². The molecule has 3 atom stereocenters. The van der Waals surface area contributed by atoms with Crippen molar-refractivity contribution in [2.45, 2.75) is 55.9 Å². The monoisotopic (exact) mass is 395 g/mol. The van der Waals surface area contributed by atoms with Crippen LogP contribution in [-0.4, -0.2) is 49.1 Å². The molecule has 1 aromatic carbocycles. The quantitative estimate of drug-likeness (QED) is 0.771. The molecule has 1 aromatic rings. The highest BCUT2D eigenvalue weighted by atomic mass is 16.5. The number of piperidine rings is 1. The number of fused-ring (bicyclic) bond motifs is 1. The molecule has 29 heavy (non-hydrogen) atoms. The van der Waals surface area contributed by atoms with Crippen molar-refractivity contribution in [2.24, 2.45) is 11.3 Å². The third-order valence-electron chi connectivity index (χ3n) is 8.62. The van der Waals surface area contributed by atoms with Gasteiger partial charge in [0, 0.05) is 18.5 Å². The van der Waals surface area contributed by atoms with Gasteiger partial charge in [-0.3, -0.25) is 10.1 Å². The normalized spacial score (nSPS) is 38.2. The minimum atomic E-state index is -0.760. The predicted molar refractivity (Wildman–Crippen MR) is 108 cm³/mol. The summed E-state index contributed by atoms with van der Waals surface area (Å²) in [5, 5.41) is 5.54. The largest absolute Gasteiger partial charge is 0.497 e. The van der Waals surface area contributed by atoms with Crippen LogP contribution < -0.4 is 15.4 Å². The summed E-state index contributed by atoms with van der Waals surface area (Å²) in [6, 6.07) is 6.17. The molecule has 2 saturated heterocycles. The van der Waals surface area contributed by atoms with Crippen LogP contribution in [0.15, 0.2) is 18.2 Å². The number of imide groups is 1. The molecule has 4 fully saturated rings. The first-order valence-corrected chi connectivity index (χ1v) is 11.0. The number of nitrogens with zero attached hydrogens (tertiary/aromatic N) is 1. The Bertz CT molecular complexity index is 913. The summed E-state index contributed by atoms with van der Waals surface area (Å²) in [7, 11) is 1.72. The van der Waals surface area contributed by atoms with E-state index < -0.39 is 5.54 Å². The number of carbonyl (C=O) groups excluding carboxylic acids is 2. The maximum Gasteiger partial charge on any atom is 0.322 e. The van der Waals surface area contributed by atoms with Crippen LogP contribution in [0.3, 0.4) is 0 Å². The average molecular weight is 396 g/mol. The molecule has 2 saturated carbocycles. The first kappa shape index (κ1) is 17.8. The van der Waals surface area contributed by atoms with E-state index in [4.69, 9.17) is 4.74 Å². The molecule has 2 aliphatic heterocycles. The van der Waals surface area contributed by atoms with Crippen molar-refractivity contribution in [3.8, 4) is 5.75 Å². The van der Waals surface area contributed by atoms with Gasteiger partial charge in [-0.2, -0.15) is 0 Å². The lowest BCUT2D eigenvalue weighted by Gasteiger charge is -2.59. The summed E-state index contributed by atoms with van der Waals surface area (Å²) in [6.07, 6.45) is 7.27. The Kier molecular flexibility index (Phi) is 3.52. The molecule has 6 heteroatoms. The molecule has 1 spiro atoms. The average Bonchev–Trinajstić information content (AvgIpc) is 3.41. The van der Waals surface area contributed by atoms with Crippen LogP contribution in [0, 0.1) is 11.3 Å². The number of methoxy groups -OCH3 is 1. The number of carbonyl (C=O) groups is 2. The van der Waals surface area contributed by atoms with E-state index in [2.05, 4.69) is 33.7 Å². The van der Waals surface area contributed by atoms with Gasteiger partial charge < -0.3 is 15.0 Å². The Hall–Kier alpha value is -2.08. The Balaban J connectivity index is 1.44. The number of hydrogen-bond acceptors (Lipinski definition) is 4. The van der Waals surface area contributed by atoms with Gasteiger partial charge in [-0.05, 0) is 86.1 Å². The second kappa shape index (κ2) is 5.75. The number of likely N-dealkylation sites (tertiary alicyclic amines) is 1. The van der Waals surface area contributed by atoms with Crippen molar-refractivity contribution in [1.82, 2.24) is 15.5 Å². The van der Waals surface area contributed by atoms with Crippen LogP contribution in [0.2, 0.25) is 0 Å². The Morgan fingerprint density at radius 1 is 1.21 bits per heavy atom. The highest BCUT2D eigenvalue weighted by Gasteiger charge is 2.67. The SMILES string of the molecule is COc1ccc2c(c1)[C@]13CCN(CC4CC4)C[C@]1(CC[C@@]1(C3)NC(=O)NC1=O)C2. The van der Waals surface area contributed by atoms with Gasteiger partial charge >= 0.3 is 6.03 Å². The molecule has 3 aliphatic carbocycles. The fourth-order valence-corrected chi connectivity index (χ4v) is 7.05. The van der Waals surface area contributed by atoms with E-state index in [-0.39, 0.29) is 22.8 Å². The molecule has 0 radical (unpaired) electrons. The predicted octanol–water partition coefficient (Wildman–Crippen LogP) is 2.35. The molecule has 0 unspecified atom stereocenters. The minimum Gasteiger partial charge on any atom is -0.497 e. The van der Waals surface area contributed by atoms with Crippen molar-refractivity contribution < 1.29 is 14.3 Å². The number of rotatable bonds is 3. The van der Waals surface area contributed by atoms with Crippen LogP contribution in [0.25, 0.3) is 0 Å². The standard InChI is InChI=1S/C23H29N3O3/c1-29-17-5-4-16-11-21-6-7-23(19(27)24-20(28)25-23)13-22(21,18(16)10-17)8-9-26(14-21)12-15-2-3-15/h4-5,10,15H,2-3,6-9,11-14H2,1H3,(H2,24,25,27,28)/t21-,22+,23-/m0/s1. The summed E-state index contributed by atoms with van der Waals surface area (Å²) in [5.41, 5.74) is 2.07. The number of amides is 3. The number of nitrogens with one attached hydrogen (secondary N) is 2. The lowest BCUT2D eigenvalue weighted by atomic mass is 9.49. The molecule has 0 aromatic heterocycles. The van der Waals surface area contributed by atoms with E-state index in [1.165, 1.54) is 30.5 Å². The van der Waals surface area contributed by atoms with Gasteiger partial charge in [0.1, 0.15) is 11.3 Å². The zero-order chi connectivity index (χ0) is 19.9. The maximum absolute atomic E-state index is 12.8. The molecule has 154 valence electrons. The third kappa shape index (κ3) is 2.38. The molecule has 5 aliphatic rings. The molecule has 6 nitrogen and oxygen atoms in total. The van der Waals surface area contributed by atoms with Crippen molar-refractivity contribution in [1.29, 1.82) is 0 Å². The topological polar surface area (TPSA) is 70.7 Å². The van der Waals surface area contributed by atoms with Crippen LogP contribution in [-0.2, 0) is 16.6 Å². The number of hydrogen-bond donors (Lipinski definition) is 2. The van der Waals surface area contributed by atoms with E-state index in [0.29, 0.717) is 6.42 Å². The fraction of sp³-hybridized carbons (Fsp3) is 0.652.